The van der Waals surface area contributed by atoms with Crippen LogP contribution in [-0.2, 0) is 14.3 Å². The summed E-state index contributed by atoms with van der Waals surface area (Å²) in [5.74, 6) is 0. The summed E-state index contributed by atoms with van der Waals surface area (Å²) >= 11 is 4.22. The fourth-order valence-corrected chi connectivity index (χ4v) is 0.797. The summed E-state index contributed by atoms with van der Waals surface area (Å²) in [7, 11) is 0. The Bertz CT molecular complexity index is 187. The van der Waals surface area contributed by atoms with Gasteiger partial charge >= 0.3 is 0 Å². The van der Waals surface area contributed by atoms with Gasteiger partial charge in [-0.15, -0.1) is 0 Å². The number of isothiocyanates is 1. The van der Waals surface area contributed by atoms with Gasteiger partial charge in [-0.1, -0.05) is 0 Å². The van der Waals surface area contributed by atoms with E-state index in [9.17, 15) is 4.79 Å². The average molecular weight is 233 g/mol. The molecule has 88 valence electrons. The monoisotopic (exact) mass is 233 g/mol. The number of hydrogen-bond acceptors (Lipinski definition) is 5. The smallest absolute Gasteiger partial charge is 0.154 e. The summed E-state index contributed by atoms with van der Waals surface area (Å²) in [4.78, 5) is 13.2. The van der Waals surface area contributed by atoms with Gasteiger partial charge in [0.05, 0.1) is 5.16 Å². The third-order valence-corrected chi connectivity index (χ3v) is 1.36. The number of thiocarbonyl (C=S) groups is 1. The normalized spacial score (nSPS) is 11.0. The van der Waals surface area contributed by atoms with Gasteiger partial charge < -0.3 is 14.3 Å². The summed E-state index contributed by atoms with van der Waals surface area (Å²) in [5, 5.41) is 2.10. The summed E-state index contributed by atoms with van der Waals surface area (Å²) in [6.45, 7) is 8.90. The Kier molecular flexibility index (Phi) is 15.0. The Morgan fingerprint density at radius 2 is 1.80 bits per heavy atom. The van der Waals surface area contributed by atoms with Gasteiger partial charge in [0.1, 0.15) is 12.3 Å². The van der Waals surface area contributed by atoms with Gasteiger partial charge in [-0.2, -0.15) is 0 Å². The van der Waals surface area contributed by atoms with Crippen molar-refractivity contribution in [1.82, 2.24) is 0 Å². The van der Waals surface area contributed by atoms with Crippen LogP contribution in [0.4, 0.5) is 0 Å². The molecule has 0 N–H and O–H groups in total. The first-order valence-corrected chi connectivity index (χ1v) is 5.28. The minimum Gasteiger partial charge on any atom is -0.353 e. The summed E-state index contributed by atoms with van der Waals surface area (Å²) < 4.78 is 10.1. The van der Waals surface area contributed by atoms with Crippen molar-refractivity contribution in [3.05, 3.63) is 0 Å². The summed E-state index contributed by atoms with van der Waals surface area (Å²) in [6.07, 6.45) is 0.671. The molecule has 0 aliphatic heterocycles. The molecule has 15 heavy (non-hydrogen) atoms. The lowest BCUT2D eigenvalue weighted by atomic mass is 10.4. The van der Waals surface area contributed by atoms with Gasteiger partial charge in [0.25, 0.3) is 0 Å². The number of ether oxygens (including phenoxy) is 2. The SMILES string of the molecule is CC(C=O)N=C=S.CCOC(C)OCC. The molecule has 1 atom stereocenters. The maximum absolute atomic E-state index is 9.71. The minimum atomic E-state index is -0.322. The van der Waals surface area contributed by atoms with E-state index in [0.29, 0.717) is 6.29 Å². The first-order chi connectivity index (χ1) is 7.12. The molecule has 0 spiro atoms. The number of rotatable bonds is 6. The van der Waals surface area contributed by atoms with Crippen molar-refractivity contribution >= 4 is 23.7 Å². The topological polar surface area (TPSA) is 47.9 Å². The van der Waals surface area contributed by atoms with Gasteiger partial charge in [0, 0.05) is 13.2 Å². The van der Waals surface area contributed by atoms with Crippen molar-refractivity contribution in [2.45, 2.75) is 40.0 Å². The van der Waals surface area contributed by atoms with Crippen LogP contribution in [0.5, 0.6) is 0 Å². The number of carbonyl (C=O) groups excluding carboxylic acids is 1. The quantitative estimate of drug-likeness (QED) is 0.305. The second-order valence-electron chi connectivity index (χ2n) is 2.58. The lowest BCUT2D eigenvalue weighted by Crippen LogP contribution is -2.11. The van der Waals surface area contributed by atoms with Gasteiger partial charge in [-0.25, -0.2) is 4.99 Å². The fraction of sp³-hybridized carbons (Fsp3) is 0.800. The van der Waals surface area contributed by atoms with E-state index in [1.54, 1.807) is 6.92 Å². The average Bonchev–Trinajstić information content (AvgIpc) is 2.20. The molecule has 0 fully saturated rings. The van der Waals surface area contributed by atoms with Crippen molar-refractivity contribution in [3.8, 4) is 0 Å². The molecule has 0 bridgehead atoms. The van der Waals surface area contributed by atoms with Gasteiger partial charge in [0.15, 0.2) is 6.29 Å². The highest BCUT2D eigenvalue weighted by Crippen LogP contribution is 1.90. The Balaban J connectivity index is 0. The van der Waals surface area contributed by atoms with Crippen LogP contribution in [0.2, 0.25) is 0 Å². The van der Waals surface area contributed by atoms with Crippen LogP contribution in [0.25, 0.3) is 0 Å². The Labute approximate surface area is 96.7 Å². The maximum atomic E-state index is 9.71. The molecular weight excluding hydrogens is 214 g/mol. The number of nitrogens with zero attached hydrogens (tertiary/aromatic N) is 1. The third kappa shape index (κ3) is 16.1. The van der Waals surface area contributed by atoms with Crippen molar-refractivity contribution in [3.63, 3.8) is 0 Å². The van der Waals surface area contributed by atoms with E-state index in [-0.39, 0.29) is 12.3 Å². The Morgan fingerprint density at radius 3 is 2.00 bits per heavy atom. The highest BCUT2D eigenvalue weighted by Gasteiger charge is 1.94. The molecule has 0 rings (SSSR count). The van der Waals surface area contributed by atoms with Crippen LogP contribution in [0, 0.1) is 0 Å². The van der Waals surface area contributed by atoms with Crippen LogP contribution in [0.3, 0.4) is 0 Å². The summed E-state index contributed by atoms with van der Waals surface area (Å²) in [5.41, 5.74) is 0. The number of hydrogen-bond donors (Lipinski definition) is 0. The van der Waals surface area contributed by atoms with Gasteiger partial charge in [-0.3, -0.25) is 0 Å². The zero-order valence-corrected chi connectivity index (χ0v) is 10.5. The summed E-state index contributed by atoms with van der Waals surface area (Å²) in [6, 6.07) is -0.322. The number of aldehydes is 1. The van der Waals surface area contributed by atoms with Crippen LogP contribution >= 0.6 is 12.2 Å². The highest BCUT2D eigenvalue weighted by atomic mass is 32.1. The molecule has 5 heteroatoms. The van der Waals surface area contributed by atoms with Gasteiger partial charge in [0.2, 0.25) is 0 Å². The van der Waals surface area contributed by atoms with Crippen molar-refractivity contribution in [1.29, 1.82) is 0 Å². The lowest BCUT2D eigenvalue weighted by molar-refractivity contribution is -0.123. The first-order valence-electron chi connectivity index (χ1n) is 4.87. The van der Waals surface area contributed by atoms with E-state index >= 15 is 0 Å². The fourth-order valence-electron chi connectivity index (χ4n) is 0.631. The molecule has 0 aliphatic rings. The van der Waals surface area contributed by atoms with Crippen molar-refractivity contribution < 1.29 is 14.3 Å². The largest absolute Gasteiger partial charge is 0.353 e. The van der Waals surface area contributed by atoms with Crippen molar-refractivity contribution in [2.75, 3.05) is 13.2 Å². The van der Waals surface area contributed by atoms with E-state index in [0.717, 1.165) is 13.2 Å². The zero-order valence-electron chi connectivity index (χ0n) is 9.73. The molecule has 0 aromatic carbocycles. The minimum absolute atomic E-state index is 0.0370. The van der Waals surface area contributed by atoms with E-state index in [2.05, 4.69) is 22.4 Å². The number of carbonyl (C=O) groups is 1. The Morgan fingerprint density at radius 1 is 1.33 bits per heavy atom. The van der Waals surface area contributed by atoms with Crippen LogP contribution in [0.15, 0.2) is 4.99 Å². The molecular formula is C10H19NO3S. The number of aliphatic imine (C=N–C) groups is 1. The molecule has 4 nitrogen and oxygen atoms in total. The van der Waals surface area contributed by atoms with Crippen LogP contribution in [-0.4, -0.2) is 37.0 Å². The van der Waals surface area contributed by atoms with Crippen molar-refractivity contribution in [2.24, 2.45) is 4.99 Å². The molecule has 0 aromatic heterocycles. The predicted octanol–water partition coefficient (Wildman–Crippen LogP) is 2.08. The van der Waals surface area contributed by atoms with E-state index in [1.807, 2.05) is 20.8 Å². The second kappa shape index (κ2) is 13.4. The van der Waals surface area contributed by atoms with E-state index < -0.39 is 0 Å². The lowest BCUT2D eigenvalue weighted by Gasteiger charge is -2.09. The van der Waals surface area contributed by atoms with Gasteiger partial charge in [-0.05, 0) is 39.9 Å². The Hall–Kier alpha value is -0.610. The maximum Gasteiger partial charge on any atom is 0.154 e. The molecule has 0 saturated carbocycles. The molecule has 0 saturated heterocycles. The van der Waals surface area contributed by atoms with Crippen LogP contribution in [0.1, 0.15) is 27.7 Å². The molecule has 1 unspecified atom stereocenters. The molecule has 0 radical (unpaired) electrons. The first kappa shape index (κ1) is 16.8. The standard InChI is InChI=1S/C6H14O2.C4H5NOS/c1-4-7-6(3)8-5-2;1-4(2-6)5-3-7/h6H,4-5H2,1-3H3;2,4H,1H3. The molecule has 0 aromatic rings. The second-order valence-corrected chi connectivity index (χ2v) is 2.76. The predicted molar refractivity (Wildman–Crippen MR) is 63.3 cm³/mol. The molecule has 0 amide bonds. The highest BCUT2D eigenvalue weighted by molar-refractivity contribution is 7.78. The molecule has 0 heterocycles. The van der Waals surface area contributed by atoms with Crippen LogP contribution < -0.4 is 0 Å². The zero-order chi connectivity index (χ0) is 12.1. The third-order valence-electron chi connectivity index (χ3n) is 1.26. The van der Waals surface area contributed by atoms with E-state index in [1.165, 1.54) is 0 Å². The van der Waals surface area contributed by atoms with E-state index in [4.69, 9.17) is 9.47 Å². The molecule has 0 aliphatic carbocycles.